The molecule has 4 nitrogen and oxygen atoms in total. The van der Waals surface area contributed by atoms with Crippen LogP contribution < -0.4 is 10.6 Å². The van der Waals surface area contributed by atoms with Crippen molar-refractivity contribution in [3.05, 3.63) is 0 Å². The van der Waals surface area contributed by atoms with E-state index in [1.54, 1.807) is 0 Å². The molecular weight excluding hydrogens is 190 g/mol. The molecule has 0 radical (unpaired) electrons. The lowest BCUT2D eigenvalue weighted by atomic mass is 10.3. The molecule has 1 fully saturated rings. The van der Waals surface area contributed by atoms with E-state index in [4.69, 9.17) is 0 Å². The molecule has 0 bridgehead atoms. The van der Waals surface area contributed by atoms with Crippen LogP contribution in [-0.4, -0.2) is 50.6 Å². The van der Waals surface area contributed by atoms with Gasteiger partial charge in [-0.2, -0.15) is 0 Å². The third-order valence-corrected chi connectivity index (χ3v) is 2.44. The fraction of sp³-hybridized carbons (Fsp3) is 0.909. The Morgan fingerprint density at radius 2 is 2.07 bits per heavy atom. The van der Waals surface area contributed by atoms with Crippen LogP contribution in [0.15, 0.2) is 0 Å². The van der Waals surface area contributed by atoms with E-state index in [9.17, 15) is 4.79 Å². The summed E-state index contributed by atoms with van der Waals surface area (Å²) >= 11 is 0. The van der Waals surface area contributed by atoms with Crippen LogP contribution in [0.2, 0.25) is 0 Å². The van der Waals surface area contributed by atoms with Gasteiger partial charge in [-0.05, 0) is 39.9 Å². The fourth-order valence-electron chi connectivity index (χ4n) is 1.33. The monoisotopic (exact) mass is 213 g/mol. The number of rotatable bonds is 8. The topological polar surface area (TPSA) is 44.4 Å². The van der Waals surface area contributed by atoms with E-state index in [0.29, 0.717) is 12.5 Å². The van der Waals surface area contributed by atoms with Crippen molar-refractivity contribution in [2.75, 3.05) is 33.7 Å². The molecule has 4 heteroatoms. The Morgan fingerprint density at radius 3 is 2.67 bits per heavy atom. The summed E-state index contributed by atoms with van der Waals surface area (Å²) in [6, 6.07) is 0.499. The lowest BCUT2D eigenvalue weighted by Crippen LogP contribution is -2.29. The molecule has 88 valence electrons. The van der Waals surface area contributed by atoms with Gasteiger partial charge in [0.15, 0.2) is 0 Å². The fourth-order valence-corrected chi connectivity index (χ4v) is 1.33. The lowest BCUT2D eigenvalue weighted by molar-refractivity contribution is -0.121. The number of carbonyl (C=O) groups is 1. The Balaban J connectivity index is 1.81. The minimum absolute atomic E-state index is 0.215. The Bertz CT molecular complexity index is 190. The molecule has 2 N–H and O–H groups in total. The van der Waals surface area contributed by atoms with Gasteiger partial charge < -0.3 is 15.5 Å². The summed E-state index contributed by atoms with van der Waals surface area (Å²) < 4.78 is 0. The van der Waals surface area contributed by atoms with Crippen molar-refractivity contribution < 1.29 is 4.79 Å². The van der Waals surface area contributed by atoms with Gasteiger partial charge in [-0.15, -0.1) is 0 Å². The highest BCUT2D eigenvalue weighted by atomic mass is 16.1. The summed E-state index contributed by atoms with van der Waals surface area (Å²) in [6.07, 6.45) is 3.94. The van der Waals surface area contributed by atoms with Gasteiger partial charge in [0.2, 0.25) is 5.91 Å². The van der Waals surface area contributed by atoms with E-state index < -0.39 is 0 Å². The maximum Gasteiger partial charge on any atom is 0.220 e. The van der Waals surface area contributed by atoms with Crippen LogP contribution in [0, 0.1) is 0 Å². The molecule has 0 aromatic carbocycles. The number of hydrogen-bond acceptors (Lipinski definition) is 3. The normalized spacial score (nSPS) is 15.7. The van der Waals surface area contributed by atoms with Crippen molar-refractivity contribution in [2.24, 2.45) is 0 Å². The predicted molar refractivity (Wildman–Crippen MR) is 61.8 cm³/mol. The number of likely N-dealkylation sites (N-methyl/N-ethyl adjacent to an activating group) is 1. The molecule has 0 aromatic rings. The van der Waals surface area contributed by atoms with Gasteiger partial charge in [0.25, 0.3) is 0 Å². The first-order chi connectivity index (χ1) is 7.18. The molecule has 0 atom stereocenters. The number of carbonyl (C=O) groups excluding carboxylic acids is 1. The van der Waals surface area contributed by atoms with Crippen LogP contribution in [-0.2, 0) is 4.79 Å². The summed E-state index contributed by atoms with van der Waals surface area (Å²) in [5.41, 5.74) is 0. The highest BCUT2D eigenvalue weighted by Gasteiger charge is 2.22. The van der Waals surface area contributed by atoms with Gasteiger partial charge in [0.1, 0.15) is 0 Å². The Hall–Kier alpha value is -0.610. The Kier molecular flexibility index (Phi) is 5.65. The summed E-state index contributed by atoms with van der Waals surface area (Å²) in [5.74, 6) is 0.215. The standard InChI is InChI=1S/C11H23N3O/c1-14(2)9-8-12-7-3-4-11(15)13-10-5-6-10/h10,12H,3-9H2,1-2H3,(H,13,15). The summed E-state index contributed by atoms with van der Waals surface area (Å²) in [5, 5.41) is 6.31. The second-order valence-electron chi connectivity index (χ2n) is 4.50. The average Bonchev–Trinajstić information content (AvgIpc) is 2.94. The summed E-state index contributed by atoms with van der Waals surface area (Å²) in [6.45, 7) is 2.98. The van der Waals surface area contributed by atoms with Crippen molar-refractivity contribution in [2.45, 2.75) is 31.7 Å². The van der Waals surface area contributed by atoms with E-state index in [1.165, 1.54) is 12.8 Å². The predicted octanol–water partition coefficient (Wildman–Crippen LogP) is 0.196. The van der Waals surface area contributed by atoms with Crippen LogP contribution >= 0.6 is 0 Å². The quantitative estimate of drug-likeness (QED) is 0.566. The number of nitrogens with zero attached hydrogens (tertiary/aromatic N) is 1. The zero-order valence-corrected chi connectivity index (χ0v) is 9.88. The third kappa shape index (κ3) is 7.33. The van der Waals surface area contributed by atoms with Crippen LogP contribution in [0.1, 0.15) is 25.7 Å². The van der Waals surface area contributed by atoms with Crippen molar-refractivity contribution >= 4 is 5.91 Å². The van der Waals surface area contributed by atoms with Gasteiger partial charge in [0, 0.05) is 25.6 Å². The minimum Gasteiger partial charge on any atom is -0.353 e. The number of amides is 1. The average molecular weight is 213 g/mol. The summed E-state index contributed by atoms with van der Waals surface area (Å²) in [7, 11) is 4.12. The van der Waals surface area contributed by atoms with E-state index in [-0.39, 0.29) is 5.91 Å². The Morgan fingerprint density at radius 1 is 1.33 bits per heavy atom. The van der Waals surface area contributed by atoms with Gasteiger partial charge in [-0.3, -0.25) is 4.79 Å². The molecule has 1 amide bonds. The number of nitrogens with one attached hydrogen (secondary N) is 2. The maximum atomic E-state index is 11.3. The first-order valence-corrected chi connectivity index (χ1v) is 5.83. The highest BCUT2D eigenvalue weighted by Crippen LogP contribution is 2.18. The van der Waals surface area contributed by atoms with Crippen molar-refractivity contribution in [3.63, 3.8) is 0 Å². The van der Waals surface area contributed by atoms with E-state index >= 15 is 0 Å². The van der Waals surface area contributed by atoms with E-state index in [2.05, 4.69) is 29.6 Å². The van der Waals surface area contributed by atoms with E-state index in [0.717, 1.165) is 26.1 Å². The van der Waals surface area contributed by atoms with Crippen molar-refractivity contribution in [1.82, 2.24) is 15.5 Å². The second kappa shape index (κ2) is 6.80. The molecule has 0 aromatic heterocycles. The second-order valence-corrected chi connectivity index (χ2v) is 4.50. The van der Waals surface area contributed by atoms with E-state index in [1.807, 2.05) is 0 Å². The molecule has 0 heterocycles. The number of hydrogen-bond donors (Lipinski definition) is 2. The smallest absolute Gasteiger partial charge is 0.220 e. The van der Waals surface area contributed by atoms with Crippen molar-refractivity contribution in [1.29, 1.82) is 0 Å². The maximum absolute atomic E-state index is 11.3. The van der Waals surface area contributed by atoms with Gasteiger partial charge in [-0.1, -0.05) is 0 Å². The molecule has 0 unspecified atom stereocenters. The first-order valence-electron chi connectivity index (χ1n) is 5.83. The molecule has 1 saturated carbocycles. The van der Waals surface area contributed by atoms with Crippen LogP contribution in [0.5, 0.6) is 0 Å². The third-order valence-electron chi connectivity index (χ3n) is 2.44. The SMILES string of the molecule is CN(C)CCNCCCC(=O)NC1CC1. The molecule has 1 rings (SSSR count). The highest BCUT2D eigenvalue weighted by molar-refractivity contribution is 5.76. The molecule has 0 spiro atoms. The summed E-state index contributed by atoms with van der Waals surface area (Å²) in [4.78, 5) is 13.4. The molecule has 15 heavy (non-hydrogen) atoms. The zero-order chi connectivity index (χ0) is 11.1. The molecule has 1 aliphatic carbocycles. The van der Waals surface area contributed by atoms with Crippen molar-refractivity contribution in [3.8, 4) is 0 Å². The Labute approximate surface area is 92.4 Å². The van der Waals surface area contributed by atoms with Gasteiger partial charge in [-0.25, -0.2) is 0 Å². The van der Waals surface area contributed by atoms with Crippen LogP contribution in [0.3, 0.4) is 0 Å². The molecule has 0 aliphatic heterocycles. The molecule has 1 aliphatic rings. The lowest BCUT2D eigenvalue weighted by Gasteiger charge is -2.10. The van der Waals surface area contributed by atoms with Crippen LogP contribution in [0.4, 0.5) is 0 Å². The molecular formula is C11H23N3O. The first kappa shape index (κ1) is 12.5. The minimum atomic E-state index is 0.215. The van der Waals surface area contributed by atoms with Gasteiger partial charge >= 0.3 is 0 Å². The molecule has 0 saturated heterocycles. The zero-order valence-electron chi connectivity index (χ0n) is 9.88. The largest absolute Gasteiger partial charge is 0.353 e. The van der Waals surface area contributed by atoms with Gasteiger partial charge in [0.05, 0.1) is 0 Å². The van der Waals surface area contributed by atoms with Crippen LogP contribution in [0.25, 0.3) is 0 Å².